The lowest BCUT2D eigenvalue weighted by Gasteiger charge is -2.10. The minimum Gasteiger partial charge on any atom is -0.488 e. The van der Waals surface area contributed by atoms with Gasteiger partial charge in [0, 0.05) is 10.6 Å². The Morgan fingerprint density at radius 2 is 1.78 bits per heavy atom. The fourth-order valence-corrected chi connectivity index (χ4v) is 2.82. The van der Waals surface area contributed by atoms with E-state index >= 15 is 0 Å². The van der Waals surface area contributed by atoms with Crippen LogP contribution in [-0.4, -0.2) is 0 Å². The molecule has 0 bridgehead atoms. The van der Waals surface area contributed by atoms with Crippen LogP contribution >= 0.6 is 11.6 Å². The number of allylic oxidation sites excluding steroid dienone is 1. The standard InChI is InChI=1S/C23H15ClN2O/c24-22-9-4-6-18(12-22)16-27-23-10-2-1-7-20(23)13-21(15-26)19-8-3-5-17(11-19)14-25/h1-13H,16H2/b21-13-. The molecule has 0 saturated heterocycles. The van der Waals surface area contributed by atoms with E-state index in [-0.39, 0.29) is 0 Å². The van der Waals surface area contributed by atoms with Crippen molar-refractivity contribution in [2.45, 2.75) is 6.61 Å². The molecule has 0 atom stereocenters. The summed E-state index contributed by atoms with van der Waals surface area (Å²) < 4.78 is 5.94. The highest BCUT2D eigenvalue weighted by Crippen LogP contribution is 2.26. The first-order valence-corrected chi connectivity index (χ1v) is 8.66. The van der Waals surface area contributed by atoms with Crippen molar-refractivity contribution in [1.29, 1.82) is 10.5 Å². The van der Waals surface area contributed by atoms with Crippen LogP contribution in [0.5, 0.6) is 5.75 Å². The molecule has 4 heteroatoms. The maximum atomic E-state index is 9.58. The number of ether oxygens (including phenoxy) is 1. The van der Waals surface area contributed by atoms with E-state index in [9.17, 15) is 5.26 Å². The van der Waals surface area contributed by atoms with Crippen LogP contribution in [0, 0.1) is 22.7 Å². The minimum atomic E-state index is 0.372. The van der Waals surface area contributed by atoms with Gasteiger partial charge in [-0.05, 0) is 47.5 Å². The molecule has 0 aliphatic rings. The molecule has 0 unspecified atom stereocenters. The summed E-state index contributed by atoms with van der Waals surface area (Å²) in [4.78, 5) is 0. The molecule has 0 aliphatic heterocycles. The molecule has 0 radical (unpaired) electrons. The number of nitrogens with zero attached hydrogens (tertiary/aromatic N) is 2. The van der Waals surface area contributed by atoms with Crippen LogP contribution in [0.3, 0.4) is 0 Å². The van der Waals surface area contributed by atoms with Gasteiger partial charge in [0.15, 0.2) is 0 Å². The highest BCUT2D eigenvalue weighted by Gasteiger charge is 2.06. The fraction of sp³-hybridized carbons (Fsp3) is 0.0435. The minimum absolute atomic E-state index is 0.372. The molecule has 0 amide bonds. The predicted molar refractivity (Wildman–Crippen MR) is 107 cm³/mol. The molecule has 3 aromatic carbocycles. The van der Waals surface area contributed by atoms with Crippen molar-refractivity contribution in [3.8, 4) is 17.9 Å². The third-order valence-corrected chi connectivity index (χ3v) is 4.16. The molecule has 0 N–H and O–H groups in total. The quantitative estimate of drug-likeness (QED) is 0.417. The number of hydrogen-bond acceptors (Lipinski definition) is 3. The first-order valence-electron chi connectivity index (χ1n) is 8.28. The molecule has 27 heavy (non-hydrogen) atoms. The maximum Gasteiger partial charge on any atom is 0.127 e. The number of rotatable bonds is 5. The van der Waals surface area contributed by atoms with Gasteiger partial charge in [0.05, 0.1) is 23.3 Å². The predicted octanol–water partition coefficient (Wildman–Crippen LogP) is 5.85. The lowest BCUT2D eigenvalue weighted by atomic mass is 10.0. The molecular formula is C23H15ClN2O. The van der Waals surface area contributed by atoms with Crippen molar-refractivity contribution in [1.82, 2.24) is 0 Å². The number of benzene rings is 3. The van der Waals surface area contributed by atoms with E-state index in [0.29, 0.717) is 34.1 Å². The van der Waals surface area contributed by atoms with E-state index in [1.54, 1.807) is 24.3 Å². The third-order valence-electron chi connectivity index (χ3n) is 3.93. The summed E-state index contributed by atoms with van der Waals surface area (Å²) in [5.74, 6) is 0.668. The van der Waals surface area contributed by atoms with E-state index in [0.717, 1.165) is 11.1 Å². The summed E-state index contributed by atoms with van der Waals surface area (Å²) in [6.07, 6.45) is 1.77. The molecule has 0 fully saturated rings. The van der Waals surface area contributed by atoms with E-state index in [1.807, 2.05) is 54.6 Å². The Balaban J connectivity index is 1.89. The van der Waals surface area contributed by atoms with Crippen molar-refractivity contribution < 1.29 is 4.74 Å². The Hall–Kier alpha value is -3.53. The molecule has 0 spiro atoms. The second kappa shape index (κ2) is 8.72. The Morgan fingerprint density at radius 3 is 2.56 bits per heavy atom. The number of hydrogen-bond donors (Lipinski definition) is 0. The molecule has 0 saturated carbocycles. The second-order valence-electron chi connectivity index (χ2n) is 5.82. The van der Waals surface area contributed by atoms with Gasteiger partial charge in [0.2, 0.25) is 0 Å². The van der Waals surface area contributed by atoms with Gasteiger partial charge in [0.25, 0.3) is 0 Å². The number of halogens is 1. The van der Waals surface area contributed by atoms with Gasteiger partial charge in [-0.15, -0.1) is 0 Å². The van der Waals surface area contributed by atoms with E-state index < -0.39 is 0 Å². The SMILES string of the molecule is N#C/C(=C/c1ccccc1OCc1cccc(Cl)c1)c1cccc(C#N)c1. The molecular weight excluding hydrogens is 356 g/mol. The Morgan fingerprint density at radius 1 is 0.963 bits per heavy atom. The van der Waals surface area contributed by atoms with Gasteiger partial charge in [0.1, 0.15) is 12.4 Å². The summed E-state index contributed by atoms with van der Waals surface area (Å²) in [5, 5.41) is 19.3. The van der Waals surface area contributed by atoms with Gasteiger partial charge in [-0.1, -0.05) is 54.1 Å². The van der Waals surface area contributed by atoms with Crippen molar-refractivity contribution in [2.75, 3.05) is 0 Å². The third kappa shape index (κ3) is 4.76. The topological polar surface area (TPSA) is 56.8 Å². The molecule has 3 aromatic rings. The van der Waals surface area contributed by atoms with Crippen LogP contribution in [0.4, 0.5) is 0 Å². The van der Waals surface area contributed by atoms with Gasteiger partial charge in [-0.25, -0.2) is 0 Å². The van der Waals surface area contributed by atoms with Gasteiger partial charge < -0.3 is 4.74 Å². The van der Waals surface area contributed by atoms with Gasteiger partial charge in [-0.3, -0.25) is 0 Å². The molecule has 0 aliphatic carbocycles. The number of nitriles is 2. The summed E-state index contributed by atoms with van der Waals surface area (Å²) in [6.45, 7) is 0.372. The zero-order valence-corrected chi connectivity index (χ0v) is 15.1. The van der Waals surface area contributed by atoms with Crippen LogP contribution in [0.25, 0.3) is 11.6 Å². The largest absolute Gasteiger partial charge is 0.488 e. The molecule has 3 nitrogen and oxygen atoms in total. The summed E-state index contributed by atoms with van der Waals surface area (Å²) in [7, 11) is 0. The normalized spacial score (nSPS) is 10.7. The van der Waals surface area contributed by atoms with Crippen molar-refractivity contribution in [3.05, 3.63) is 100 Å². The lowest BCUT2D eigenvalue weighted by molar-refractivity contribution is 0.305. The maximum absolute atomic E-state index is 9.58. The molecule has 0 aromatic heterocycles. The lowest BCUT2D eigenvalue weighted by Crippen LogP contribution is -1.97. The average Bonchev–Trinajstić information content (AvgIpc) is 2.71. The van der Waals surface area contributed by atoms with Crippen molar-refractivity contribution in [2.24, 2.45) is 0 Å². The van der Waals surface area contributed by atoms with E-state index in [1.165, 1.54) is 0 Å². The second-order valence-corrected chi connectivity index (χ2v) is 6.26. The summed E-state index contributed by atoms with van der Waals surface area (Å²) in [5.41, 5.74) is 3.42. The van der Waals surface area contributed by atoms with Crippen molar-refractivity contribution >= 4 is 23.3 Å². The van der Waals surface area contributed by atoms with Crippen LogP contribution in [0.1, 0.15) is 22.3 Å². The van der Waals surface area contributed by atoms with Crippen molar-refractivity contribution in [3.63, 3.8) is 0 Å². The van der Waals surface area contributed by atoms with Crippen LogP contribution in [0.2, 0.25) is 5.02 Å². The Kier molecular flexibility index (Phi) is 5.90. The Labute approximate surface area is 163 Å². The fourth-order valence-electron chi connectivity index (χ4n) is 2.61. The van der Waals surface area contributed by atoms with E-state index in [4.69, 9.17) is 21.6 Å². The Bertz CT molecular complexity index is 1070. The highest BCUT2D eigenvalue weighted by molar-refractivity contribution is 6.30. The van der Waals surface area contributed by atoms with Crippen LogP contribution in [0.15, 0.2) is 72.8 Å². The first kappa shape index (κ1) is 18.3. The zero-order chi connectivity index (χ0) is 19.1. The van der Waals surface area contributed by atoms with Gasteiger partial charge >= 0.3 is 0 Å². The van der Waals surface area contributed by atoms with E-state index in [2.05, 4.69) is 12.1 Å². The smallest absolute Gasteiger partial charge is 0.127 e. The van der Waals surface area contributed by atoms with Gasteiger partial charge in [-0.2, -0.15) is 10.5 Å². The molecule has 0 heterocycles. The highest BCUT2D eigenvalue weighted by atomic mass is 35.5. The number of para-hydroxylation sites is 1. The summed E-state index contributed by atoms with van der Waals surface area (Å²) >= 11 is 6.01. The van der Waals surface area contributed by atoms with Crippen LogP contribution in [-0.2, 0) is 6.61 Å². The summed E-state index contributed by atoms with van der Waals surface area (Å²) in [6, 6.07) is 26.3. The average molecular weight is 371 g/mol. The zero-order valence-electron chi connectivity index (χ0n) is 14.4. The molecule has 130 valence electrons. The van der Waals surface area contributed by atoms with Crippen LogP contribution < -0.4 is 4.74 Å². The first-order chi connectivity index (χ1) is 13.2. The monoisotopic (exact) mass is 370 g/mol. The molecule has 3 rings (SSSR count).